The summed E-state index contributed by atoms with van der Waals surface area (Å²) in [5.74, 6) is 0.674. The van der Waals surface area contributed by atoms with Crippen molar-refractivity contribution in [2.75, 3.05) is 32.8 Å². The normalized spacial score (nSPS) is 16.6. The summed E-state index contributed by atoms with van der Waals surface area (Å²) in [6.07, 6.45) is 0.237. The van der Waals surface area contributed by atoms with Gasteiger partial charge >= 0.3 is 0 Å². The summed E-state index contributed by atoms with van der Waals surface area (Å²) in [6.45, 7) is 7.68. The van der Waals surface area contributed by atoms with Crippen molar-refractivity contribution in [3.8, 4) is 0 Å². The number of ether oxygens (including phenoxy) is 1. The van der Waals surface area contributed by atoms with Crippen molar-refractivity contribution in [2.45, 2.75) is 26.3 Å². The summed E-state index contributed by atoms with van der Waals surface area (Å²) in [6, 6.07) is 10.4. The van der Waals surface area contributed by atoms with Crippen LogP contribution in [0, 0.1) is 13.8 Å². The molecule has 6 heteroatoms. The first-order valence-electron chi connectivity index (χ1n) is 8.69. The molecule has 1 saturated heterocycles. The highest BCUT2D eigenvalue weighted by atomic mass is 16.5. The van der Waals surface area contributed by atoms with Gasteiger partial charge in [-0.3, -0.25) is 9.69 Å². The molecule has 1 amide bonds. The van der Waals surface area contributed by atoms with Gasteiger partial charge in [0.15, 0.2) is 0 Å². The van der Waals surface area contributed by atoms with E-state index in [0.29, 0.717) is 18.0 Å². The van der Waals surface area contributed by atoms with E-state index in [9.17, 15) is 4.79 Å². The highest BCUT2D eigenvalue weighted by Crippen LogP contribution is 2.22. The Hall–Kier alpha value is -2.18. The van der Waals surface area contributed by atoms with E-state index >= 15 is 0 Å². The van der Waals surface area contributed by atoms with Gasteiger partial charge in [-0.1, -0.05) is 35.0 Å². The van der Waals surface area contributed by atoms with Gasteiger partial charge in [0.2, 0.25) is 5.91 Å². The minimum Gasteiger partial charge on any atom is -0.379 e. The number of hydrogen-bond acceptors (Lipinski definition) is 5. The number of morpholine rings is 1. The van der Waals surface area contributed by atoms with Crippen molar-refractivity contribution >= 4 is 5.91 Å². The summed E-state index contributed by atoms with van der Waals surface area (Å²) < 4.78 is 10.5. The highest BCUT2D eigenvalue weighted by molar-refractivity contribution is 5.78. The number of aryl methyl sites for hydroxylation is 2. The molecule has 1 aromatic heterocycles. The lowest BCUT2D eigenvalue weighted by Gasteiger charge is -2.35. The molecule has 1 aromatic carbocycles. The van der Waals surface area contributed by atoms with Crippen molar-refractivity contribution in [3.05, 3.63) is 52.9 Å². The van der Waals surface area contributed by atoms with Crippen LogP contribution in [0.15, 0.2) is 34.9 Å². The number of nitrogens with one attached hydrogen (secondary N) is 1. The Morgan fingerprint density at radius 2 is 2.08 bits per heavy atom. The number of amides is 1. The third kappa shape index (κ3) is 4.90. The molecule has 1 unspecified atom stereocenters. The zero-order valence-electron chi connectivity index (χ0n) is 14.8. The largest absolute Gasteiger partial charge is 0.379 e. The van der Waals surface area contributed by atoms with E-state index in [1.54, 1.807) is 6.07 Å². The summed E-state index contributed by atoms with van der Waals surface area (Å²) in [4.78, 5) is 14.6. The summed E-state index contributed by atoms with van der Waals surface area (Å²) in [5.41, 5.74) is 3.10. The predicted octanol–water partition coefficient (Wildman–Crippen LogP) is 2.02. The van der Waals surface area contributed by atoms with Crippen LogP contribution in [-0.4, -0.2) is 48.8 Å². The summed E-state index contributed by atoms with van der Waals surface area (Å²) >= 11 is 0. The minimum absolute atomic E-state index is 0.0424. The quantitative estimate of drug-likeness (QED) is 0.869. The second-order valence-electron chi connectivity index (χ2n) is 6.49. The molecular formula is C19H25N3O3. The molecular weight excluding hydrogens is 318 g/mol. The average molecular weight is 343 g/mol. The number of rotatable bonds is 6. The SMILES string of the molecule is Cc1cccc(C(CNC(=O)Cc2cc(C)on2)N2CCOCC2)c1. The molecule has 0 radical (unpaired) electrons. The number of benzene rings is 1. The Bertz CT molecular complexity index is 707. The van der Waals surface area contributed by atoms with E-state index in [4.69, 9.17) is 9.26 Å². The molecule has 134 valence electrons. The number of aromatic nitrogens is 1. The lowest BCUT2D eigenvalue weighted by atomic mass is 10.0. The predicted molar refractivity (Wildman–Crippen MR) is 94.3 cm³/mol. The summed E-state index contributed by atoms with van der Waals surface area (Å²) in [5, 5.41) is 6.93. The van der Waals surface area contributed by atoms with E-state index in [0.717, 1.165) is 26.3 Å². The Balaban J connectivity index is 1.65. The molecule has 2 heterocycles. The minimum atomic E-state index is -0.0424. The van der Waals surface area contributed by atoms with Crippen LogP contribution in [0.25, 0.3) is 0 Å². The standard InChI is InChI=1S/C19H25N3O3/c1-14-4-3-5-16(10-14)18(22-6-8-24-9-7-22)13-20-19(23)12-17-11-15(2)25-21-17/h3-5,10-11,18H,6-9,12-13H2,1-2H3,(H,20,23). The molecule has 0 spiro atoms. The van der Waals surface area contributed by atoms with Crippen molar-refractivity contribution in [2.24, 2.45) is 0 Å². The Morgan fingerprint density at radius 1 is 1.28 bits per heavy atom. The number of hydrogen-bond donors (Lipinski definition) is 1. The van der Waals surface area contributed by atoms with Gasteiger partial charge in [-0.25, -0.2) is 0 Å². The van der Waals surface area contributed by atoms with Gasteiger partial charge in [0.05, 0.1) is 31.4 Å². The number of nitrogens with zero attached hydrogens (tertiary/aromatic N) is 2. The van der Waals surface area contributed by atoms with Gasteiger partial charge in [-0.05, 0) is 19.4 Å². The van der Waals surface area contributed by atoms with Crippen molar-refractivity contribution in [3.63, 3.8) is 0 Å². The van der Waals surface area contributed by atoms with Crippen molar-refractivity contribution in [1.29, 1.82) is 0 Å². The van der Waals surface area contributed by atoms with Crippen LogP contribution in [-0.2, 0) is 16.0 Å². The second-order valence-corrected chi connectivity index (χ2v) is 6.49. The van der Waals surface area contributed by atoms with Crippen LogP contribution in [0.4, 0.5) is 0 Å². The van der Waals surface area contributed by atoms with Gasteiger partial charge in [-0.2, -0.15) is 0 Å². The molecule has 1 fully saturated rings. The zero-order chi connectivity index (χ0) is 17.6. The Labute approximate surface area is 148 Å². The lowest BCUT2D eigenvalue weighted by molar-refractivity contribution is -0.120. The molecule has 2 aromatic rings. The molecule has 1 N–H and O–H groups in total. The maximum Gasteiger partial charge on any atom is 0.226 e. The van der Waals surface area contributed by atoms with E-state index in [1.165, 1.54) is 11.1 Å². The van der Waals surface area contributed by atoms with E-state index in [1.807, 2.05) is 6.92 Å². The highest BCUT2D eigenvalue weighted by Gasteiger charge is 2.23. The van der Waals surface area contributed by atoms with Gasteiger partial charge in [-0.15, -0.1) is 0 Å². The molecule has 0 bridgehead atoms. The lowest BCUT2D eigenvalue weighted by Crippen LogP contribution is -2.44. The third-order valence-corrected chi connectivity index (χ3v) is 4.42. The van der Waals surface area contributed by atoms with Crippen LogP contribution in [0.5, 0.6) is 0 Å². The number of carbonyl (C=O) groups is 1. The molecule has 1 aliphatic heterocycles. The fourth-order valence-corrected chi connectivity index (χ4v) is 3.16. The maximum atomic E-state index is 12.3. The molecule has 1 aliphatic rings. The molecule has 0 aliphatic carbocycles. The van der Waals surface area contributed by atoms with Gasteiger partial charge in [0, 0.05) is 25.7 Å². The summed E-state index contributed by atoms with van der Waals surface area (Å²) in [7, 11) is 0. The van der Waals surface area contributed by atoms with E-state index < -0.39 is 0 Å². The first kappa shape index (κ1) is 17.6. The Morgan fingerprint density at radius 3 is 2.76 bits per heavy atom. The fourth-order valence-electron chi connectivity index (χ4n) is 3.16. The first-order valence-corrected chi connectivity index (χ1v) is 8.69. The first-order chi connectivity index (χ1) is 12.1. The third-order valence-electron chi connectivity index (χ3n) is 4.42. The van der Waals surface area contributed by atoms with E-state index in [-0.39, 0.29) is 18.4 Å². The van der Waals surface area contributed by atoms with E-state index in [2.05, 4.69) is 46.6 Å². The topological polar surface area (TPSA) is 67.6 Å². The molecule has 0 saturated carbocycles. The van der Waals surface area contributed by atoms with Crippen LogP contribution in [0.3, 0.4) is 0 Å². The van der Waals surface area contributed by atoms with Crippen LogP contribution >= 0.6 is 0 Å². The molecule has 6 nitrogen and oxygen atoms in total. The smallest absolute Gasteiger partial charge is 0.226 e. The van der Waals surface area contributed by atoms with Gasteiger partial charge in [0.1, 0.15) is 5.76 Å². The van der Waals surface area contributed by atoms with Gasteiger partial charge in [0.25, 0.3) is 0 Å². The van der Waals surface area contributed by atoms with Crippen LogP contribution < -0.4 is 5.32 Å². The van der Waals surface area contributed by atoms with Crippen molar-refractivity contribution < 1.29 is 14.1 Å². The van der Waals surface area contributed by atoms with Gasteiger partial charge < -0.3 is 14.6 Å². The maximum absolute atomic E-state index is 12.3. The molecule has 3 rings (SSSR count). The monoisotopic (exact) mass is 343 g/mol. The second kappa shape index (κ2) is 8.27. The molecule has 1 atom stereocenters. The average Bonchev–Trinajstić information content (AvgIpc) is 3.01. The fraction of sp³-hybridized carbons (Fsp3) is 0.474. The van der Waals surface area contributed by atoms with Crippen LogP contribution in [0.2, 0.25) is 0 Å². The van der Waals surface area contributed by atoms with Crippen LogP contribution in [0.1, 0.15) is 28.6 Å². The zero-order valence-corrected chi connectivity index (χ0v) is 14.8. The number of carbonyl (C=O) groups excluding carboxylic acids is 1. The Kier molecular flexibility index (Phi) is 5.83. The van der Waals surface area contributed by atoms with Crippen molar-refractivity contribution in [1.82, 2.24) is 15.4 Å². The molecule has 25 heavy (non-hydrogen) atoms.